The van der Waals surface area contributed by atoms with E-state index in [1.165, 1.54) is 10.5 Å². The minimum atomic E-state index is -0.120. The van der Waals surface area contributed by atoms with E-state index in [-0.39, 0.29) is 12.0 Å². The lowest BCUT2D eigenvalue weighted by molar-refractivity contribution is 0.0822. The van der Waals surface area contributed by atoms with Crippen LogP contribution < -0.4 is 14.8 Å². The number of aromatic nitrogens is 1. The zero-order valence-corrected chi connectivity index (χ0v) is 15.7. The molecular formula is C20H25N3O3. The minimum Gasteiger partial charge on any atom is -0.494 e. The van der Waals surface area contributed by atoms with E-state index in [1.54, 1.807) is 26.4 Å². The molecule has 0 radical (unpaired) electrons. The topological polar surface area (TPSA) is 63.7 Å². The molecule has 0 saturated heterocycles. The van der Waals surface area contributed by atoms with E-state index in [9.17, 15) is 4.79 Å². The van der Waals surface area contributed by atoms with Crippen LogP contribution in [-0.4, -0.2) is 42.6 Å². The summed E-state index contributed by atoms with van der Waals surface area (Å²) in [5, 5.41) is 3.36. The Bertz CT molecular complexity index is 805. The van der Waals surface area contributed by atoms with Crippen LogP contribution >= 0.6 is 0 Å². The normalized spacial score (nSPS) is 15.2. The number of ether oxygens (including phenoxy) is 2. The number of rotatable bonds is 6. The molecular weight excluding hydrogens is 330 g/mol. The number of carbonyl (C=O) groups is 1. The van der Waals surface area contributed by atoms with Crippen LogP contribution in [0.3, 0.4) is 0 Å². The van der Waals surface area contributed by atoms with Gasteiger partial charge in [0.15, 0.2) is 0 Å². The van der Waals surface area contributed by atoms with E-state index in [1.807, 2.05) is 19.1 Å². The molecule has 1 aliphatic rings. The van der Waals surface area contributed by atoms with Crippen LogP contribution in [0.25, 0.3) is 0 Å². The average Bonchev–Trinajstić information content (AvgIpc) is 2.99. The molecule has 6 heteroatoms. The largest absolute Gasteiger partial charge is 0.494 e. The molecule has 0 spiro atoms. The zero-order valence-electron chi connectivity index (χ0n) is 15.7. The Balaban J connectivity index is 1.80. The van der Waals surface area contributed by atoms with Gasteiger partial charge in [-0.15, -0.1) is 0 Å². The van der Waals surface area contributed by atoms with Crippen LogP contribution in [0.4, 0.5) is 5.69 Å². The summed E-state index contributed by atoms with van der Waals surface area (Å²) in [6.45, 7) is 5.25. The second-order valence-electron chi connectivity index (χ2n) is 6.62. The highest BCUT2D eigenvalue weighted by Crippen LogP contribution is 2.36. The van der Waals surface area contributed by atoms with Crippen LogP contribution in [-0.2, 0) is 13.0 Å². The minimum absolute atomic E-state index is 0.120. The quantitative estimate of drug-likeness (QED) is 0.863. The van der Waals surface area contributed by atoms with Crippen molar-refractivity contribution in [3.05, 3.63) is 47.3 Å². The first-order chi connectivity index (χ1) is 12.5. The number of hydrogen-bond donors (Lipinski definition) is 1. The number of pyridine rings is 1. The van der Waals surface area contributed by atoms with Gasteiger partial charge < -0.3 is 19.7 Å². The van der Waals surface area contributed by atoms with Gasteiger partial charge in [0.05, 0.1) is 6.61 Å². The number of nitrogens with zero attached hydrogens (tertiary/aromatic N) is 2. The summed E-state index contributed by atoms with van der Waals surface area (Å²) in [5.41, 5.74) is 3.48. The van der Waals surface area contributed by atoms with E-state index in [4.69, 9.17) is 9.47 Å². The lowest BCUT2D eigenvalue weighted by Crippen LogP contribution is -2.22. The Morgan fingerprint density at radius 1 is 1.38 bits per heavy atom. The second-order valence-corrected chi connectivity index (χ2v) is 6.62. The maximum atomic E-state index is 12.1. The summed E-state index contributed by atoms with van der Waals surface area (Å²) in [4.78, 5) is 17.7. The number of benzene rings is 1. The van der Waals surface area contributed by atoms with Crippen molar-refractivity contribution in [1.82, 2.24) is 9.88 Å². The Morgan fingerprint density at radius 2 is 2.19 bits per heavy atom. The van der Waals surface area contributed by atoms with Crippen LogP contribution in [0.2, 0.25) is 0 Å². The van der Waals surface area contributed by atoms with Crippen molar-refractivity contribution < 1.29 is 14.3 Å². The fourth-order valence-corrected chi connectivity index (χ4v) is 3.04. The first kappa shape index (κ1) is 18.0. The Labute approximate surface area is 154 Å². The van der Waals surface area contributed by atoms with Crippen molar-refractivity contribution in [3.63, 3.8) is 0 Å². The van der Waals surface area contributed by atoms with Gasteiger partial charge in [0, 0.05) is 50.1 Å². The zero-order chi connectivity index (χ0) is 18.7. The van der Waals surface area contributed by atoms with Gasteiger partial charge in [0.1, 0.15) is 23.3 Å². The first-order valence-corrected chi connectivity index (χ1v) is 8.84. The molecule has 138 valence electrons. The number of fused-ring (bicyclic) bond motifs is 1. The van der Waals surface area contributed by atoms with Crippen molar-refractivity contribution in [2.75, 3.05) is 26.0 Å². The Hall–Kier alpha value is -2.76. The molecule has 0 fully saturated rings. The molecule has 1 amide bonds. The molecule has 0 aliphatic carbocycles. The smallest absolute Gasteiger partial charge is 0.272 e. The highest BCUT2D eigenvalue weighted by atomic mass is 16.5. The van der Waals surface area contributed by atoms with E-state index < -0.39 is 0 Å². The van der Waals surface area contributed by atoms with Gasteiger partial charge in [-0.1, -0.05) is 0 Å². The van der Waals surface area contributed by atoms with Crippen molar-refractivity contribution in [3.8, 4) is 11.5 Å². The number of nitrogens with one attached hydrogen (secondary N) is 1. The molecule has 26 heavy (non-hydrogen) atoms. The predicted molar refractivity (Wildman–Crippen MR) is 101 cm³/mol. The molecule has 1 atom stereocenters. The fourth-order valence-electron chi connectivity index (χ4n) is 3.04. The third kappa shape index (κ3) is 3.90. The van der Waals surface area contributed by atoms with Gasteiger partial charge in [-0.3, -0.25) is 9.78 Å². The summed E-state index contributed by atoms with van der Waals surface area (Å²) in [6.07, 6.45) is 2.70. The van der Waals surface area contributed by atoms with Crippen LogP contribution in [0, 0.1) is 0 Å². The Morgan fingerprint density at radius 3 is 2.92 bits per heavy atom. The summed E-state index contributed by atoms with van der Waals surface area (Å²) < 4.78 is 11.7. The molecule has 1 unspecified atom stereocenters. The van der Waals surface area contributed by atoms with Crippen molar-refractivity contribution in [2.45, 2.75) is 32.9 Å². The number of amides is 1. The summed E-state index contributed by atoms with van der Waals surface area (Å²) in [6, 6.07) is 7.69. The number of anilines is 1. The highest BCUT2D eigenvalue weighted by Gasteiger charge is 2.23. The molecule has 2 heterocycles. The molecule has 3 rings (SSSR count). The summed E-state index contributed by atoms with van der Waals surface area (Å²) in [7, 11) is 3.43. The van der Waals surface area contributed by atoms with Crippen LogP contribution in [0.15, 0.2) is 30.5 Å². The maximum Gasteiger partial charge on any atom is 0.272 e. The van der Waals surface area contributed by atoms with Crippen molar-refractivity contribution >= 4 is 11.6 Å². The van der Waals surface area contributed by atoms with Gasteiger partial charge in [-0.05, 0) is 38.1 Å². The third-order valence-corrected chi connectivity index (χ3v) is 4.22. The molecule has 1 aliphatic heterocycles. The van der Waals surface area contributed by atoms with E-state index in [0.717, 1.165) is 29.2 Å². The molecule has 2 aromatic rings. The van der Waals surface area contributed by atoms with Gasteiger partial charge in [-0.2, -0.15) is 0 Å². The summed E-state index contributed by atoms with van der Waals surface area (Å²) in [5.74, 6) is 1.68. The van der Waals surface area contributed by atoms with Gasteiger partial charge in [0.25, 0.3) is 5.91 Å². The summed E-state index contributed by atoms with van der Waals surface area (Å²) >= 11 is 0. The lowest BCUT2D eigenvalue weighted by atomic mass is 10.1. The molecule has 1 N–H and O–H groups in total. The maximum absolute atomic E-state index is 12.1. The SMILES string of the molecule is CCOc1cc(CNc2ccnc(C(=O)N(C)C)c2)c2c(c1)CC(C)O2. The van der Waals surface area contributed by atoms with E-state index in [2.05, 4.69) is 23.3 Å². The van der Waals surface area contributed by atoms with Crippen LogP contribution in [0.1, 0.15) is 35.5 Å². The van der Waals surface area contributed by atoms with E-state index >= 15 is 0 Å². The van der Waals surface area contributed by atoms with Gasteiger partial charge >= 0.3 is 0 Å². The lowest BCUT2D eigenvalue weighted by Gasteiger charge is -2.14. The molecule has 1 aromatic carbocycles. The molecule has 0 bridgehead atoms. The van der Waals surface area contributed by atoms with Gasteiger partial charge in [-0.25, -0.2) is 0 Å². The number of carbonyl (C=O) groups excluding carboxylic acids is 1. The standard InChI is InChI=1S/C20H25N3O3/c1-5-25-17-9-14-8-13(2)26-19(14)15(10-17)12-22-16-6-7-21-18(11-16)20(24)23(3)4/h6-7,9-11,13H,5,8,12H2,1-4H3,(H,21,22). The predicted octanol–water partition coefficient (Wildman–Crippen LogP) is 3.12. The fraction of sp³-hybridized carbons (Fsp3) is 0.400. The van der Waals surface area contributed by atoms with E-state index in [0.29, 0.717) is 18.8 Å². The second kappa shape index (κ2) is 7.64. The molecule has 1 aromatic heterocycles. The molecule has 0 saturated carbocycles. The first-order valence-electron chi connectivity index (χ1n) is 8.84. The Kier molecular flexibility index (Phi) is 5.30. The average molecular weight is 355 g/mol. The molecule has 6 nitrogen and oxygen atoms in total. The van der Waals surface area contributed by atoms with Crippen molar-refractivity contribution in [1.29, 1.82) is 0 Å². The monoisotopic (exact) mass is 355 g/mol. The number of hydrogen-bond acceptors (Lipinski definition) is 5. The van der Waals surface area contributed by atoms with Crippen molar-refractivity contribution in [2.24, 2.45) is 0 Å². The third-order valence-electron chi connectivity index (χ3n) is 4.22. The highest BCUT2D eigenvalue weighted by molar-refractivity contribution is 5.92. The van der Waals surface area contributed by atoms with Crippen LogP contribution in [0.5, 0.6) is 11.5 Å². The van der Waals surface area contributed by atoms with Gasteiger partial charge in [0.2, 0.25) is 0 Å².